The van der Waals surface area contributed by atoms with Crippen LogP contribution in [0.5, 0.6) is 0 Å². The van der Waals surface area contributed by atoms with Gasteiger partial charge in [-0.3, -0.25) is 19.0 Å². The van der Waals surface area contributed by atoms with Crippen LogP contribution in [0.4, 0.5) is 0 Å². The van der Waals surface area contributed by atoms with Crippen LogP contribution in [0, 0.1) is 0 Å². The molecule has 9 nitrogen and oxygen atoms in total. The van der Waals surface area contributed by atoms with E-state index in [2.05, 4.69) is 4.98 Å². The SMILES string of the molecule is O=C(Cn1cnc2c(oc3ccccc32)c1=O)OCC(=O)N1CCC(OCc2ccccc2)CC1. The number of benzene rings is 2. The number of rotatable bonds is 7. The highest BCUT2D eigenvalue weighted by molar-refractivity contribution is 6.01. The van der Waals surface area contributed by atoms with Crippen LogP contribution in [0.25, 0.3) is 22.1 Å². The molecule has 4 aromatic rings. The average Bonchev–Trinajstić information content (AvgIpc) is 3.28. The topological polar surface area (TPSA) is 104 Å². The van der Waals surface area contributed by atoms with E-state index in [-0.39, 0.29) is 30.7 Å². The number of esters is 1. The first-order valence-electron chi connectivity index (χ1n) is 11.5. The fourth-order valence-corrected chi connectivity index (χ4v) is 4.21. The summed E-state index contributed by atoms with van der Waals surface area (Å²) in [5.41, 5.74) is 1.71. The van der Waals surface area contributed by atoms with Gasteiger partial charge in [-0.05, 0) is 30.5 Å². The predicted molar refractivity (Wildman–Crippen MR) is 128 cm³/mol. The summed E-state index contributed by atoms with van der Waals surface area (Å²) < 4.78 is 17.8. The smallest absolute Gasteiger partial charge is 0.326 e. The van der Waals surface area contributed by atoms with E-state index in [1.54, 1.807) is 17.0 Å². The van der Waals surface area contributed by atoms with Crippen molar-refractivity contribution < 1.29 is 23.5 Å². The number of amides is 1. The second-order valence-electron chi connectivity index (χ2n) is 8.49. The lowest BCUT2D eigenvalue weighted by Crippen LogP contribution is -2.43. The third-order valence-corrected chi connectivity index (χ3v) is 6.13. The number of para-hydroxylation sites is 1. The number of ether oxygens (including phenoxy) is 2. The summed E-state index contributed by atoms with van der Waals surface area (Å²) in [5.74, 6) is -0.961. The van der Waals surface area contributed by atoms with Crippen LogP contribution in [-0.4, -0.2) is 52.1 Å². The second kappa shape index (κ2) is 10.1. The van der Waals surface area contributed by atoms with Gasteiger partial charge in [-0.2, -0.15) is 0 Å². The summed E-state index contributed by atoms with van der Waals surface area (Å²) in [7, 11) is 0. The van der Waals surface area contributed by atoms with Crippen molar-refractivity contribution in [1.82, 2.24) is 14.5 Å². The summed E-state index contributed by atoms with van der Waals surface area (Å²) in [5, 5.41) is 0.731. The van der Waals surface area contributed by atoms with Gasteiger partial charge in [0.15, 0.2) is 6.61 Å². The van der Waals surface area contributed by atoms with Crippen LogP contribution in [-0.2, 0) is 32.2 Å². The van der Waals surface area contributed by atoms with Gasteiger partial charge in [0, 0.05) is 18.5 Å². The maximum atomic E-state index is 12.7. The van der Waals surface area contributed by atoms with Gasteiger partial charge in [-0.25, -0.2) is 4.98 Å². The number of hydrogen-bond acceptors (Lipinski definition) is 7. The average molecular weight is 476 g/mol. The number of fused-ring (bicyclic) bond motifs is 3. The molecule has 1 aliphatic heterocycles. The molecule has 0 radical (unpaired) electrons. The van der Waals surface area contributed by atoms with Crippen LogP contribution in [0.3, 0.4) is 0 Å². The van der Waals surface area contributed by atoms with Gasteiger partial charge < -0.3 is 18.8 Å². The minimum atomic E-state index is -0.696. The first-order valence-corrected chi connectivity index (χ1v) is 11.5. The van der Waals surface area contributed by atoms with Crippen LogP contribution in [0.1, 0.15) is 18.4 Å². The number of piperidine rings is 1. The molecule has 1 fully saturated rings. The van der Waals surface area contributed by atoms with E-state index >= 15 is 0 Å². The zero-order chi connectivity index (χ0) is 24.2. The number of nitrogens with zero attached hydrogens (tertiary/aromatic N) is 3. The van der Waals surface area contributed by atoms with E-state index in [9.17, 15) is 14.4 Å². The fourth-order valence-electron chi connectivity index (χ4n) is 4.21. The van der Waals surface area contributed by atoms with Gasteiger partial charge >= 0.3 is 5.97 Å². The minimum Gasteiger partial charge on any atom is -0.454 e. The molecule has 1 saturated heterocycles. The monoisotopic (exact) mass is 475 g/mol. The molecule has 180 valence electrons. The quantitative estimate of drug-likeness (QED) is 0.379. The maximum Gasteiger partial charge on any atom is 0.326 e. The molecule has 0 saturated carbocycles. The van der Waals surface area contributed by atoms with Crippen molar-refractivity contribution in [3.05, 3.63) is 76.8 Å². The van der Waals surface area contributed by atoms with E-state index in [4.69, 9.17) is 13.9 Å². The number of carbonyl (C=O) groups excluding carboxylic acids is 2. The summed E-state index contributed by atoms with van der Waals surface area (Å²) in [6, 6.07) is 17.2. The Morgan fingerprint density at radius 3 is 2.57 bits per heavy atom. The van der Waals surface area contributed by atoms with Crippen LogP contribution >= 0.6 is 0 Å². The largest absolute Gasteiger partial charge is 0.454 e. The van der Waals surface area contributed by atoms with Gasteiger partial charge in [0.2, 0.25) is 5.58 Å². The number of carbonyl (C=O) groups is 2. The van der Waals surface area contributed by atoms with Crippen molar-refractivity contribution in [2.75, 3.05) is 19.7 Å². The third-order valence-electron chi connectivity index (χ3n) is 6.13. The molecule has 1 amide bonds. The van der Waals surface area contributed by atoms with Crippen molar-refractivity contribution in [1.29, 1.82) is 0 Å². The summed E-state index contributed by atoms with van der Waals surface area (Å²) in [6.45, 7) is 0.903. The zero-order valence-corrected chi connectivity index (χ0v) is 19.1. The lowest BCUT2D eigenvalue weighted by molar-refractivity contribution is -0.153. The third kappa shape index (κ3) is 5.09. The van der Waals surface area contributed by atoms with Crippen molar-refractivity contribution in [3.63, 3.8) is 0 Å². The lowest BCUT2D eigenvalue weighted by atomic mass is 10.1. The van der Waals surface area contributed by atoms with Crippen molar-refractivity contribution in [3.8, 4) is 0 Å². The second-order valence-corrected chi connectivity index (χ2v) is 8.49. The van der Waals surface area contributed by atoms with E-state index in [0.29, 0.717) is 30.8 Å². The number of aromatic nitrogens is 2. The Labute approximate surface area is 200 Å². The highest BCUT2D eigenvalue weighted by Gasteiger charge is 2.24. The Morgan fingerprint density at radius 2 is 1.77 bits per heavy atom. The first kappa shape index (κ1) is 22.8. The predicted octanol–water partition coefficient (Wildman–Crippen LogP) is 2.89. The van der Waals surface area contributed by atoms with Crippen molar-refractivity contribution in [2.24, 2.45) is 0 Å². The number of furan rings is 1. The highest BCUT2D eigenvalue weighted by Crippen LogP contribution is 2.24. The van der Waals surface area contributed by atoms with Crippen molar-refractivity contribution >= 4 is 33.9 Å². The molecule has 0 aliphatic carbocycles. The van der Waals surface area contributed by atoms with E-state index < -0.39 is 11.5 Å². The molecule has 2 aromatic heterocycles. The summed E-state index contributed by atoms with van der Waals surface area (Å²) in [4.78, 5) is 43.5. The molecule has 0 bridgehead atoms. The van der Waals surface area contributed by atoms with Crippen LogP contribution in [0.2, 0.25) is 0 Å². The molecular weight excluding hydrogens is 450 g/mol. The standard InChI is InChI=1S/C26H25N3O6/c30-22(28-12-10-19(11-13-28)33-15-18-6-2-1-3-7-18)16-34-23(31)14-29-17-27-24-20-8-4-5-9-21(20)35-25(24)26(29)32/h1-9,17,19H,10-16H2. The van der Waals surface area contributed by atoms with E-state index in [0.717, 1.165) is 28.4 Å². The molecule has 9 heteroatoms. The normalized spacial score (nSPS) is 14.5. The molecular formula is C26H25N3O6. The van der Waals surface area contributed by atoms with Gasteiger partial charge in [0.25, 0.3) is 11.5 Å². The Hall–Kier alpha value is -3.98. The lowest BCUT2D eigenvalue weighted by Gasteiger charge is -2.31. The fraction of sp³-hybridized carbons (Fsp3) is 0.308. The number of hydrogen-bond donors (Lipinski definition) is 0. The molecule has 35 heavy (non-hydrogen) atoms. The van der Waals surface area contributed by atoms with Crippen LogP contribution in [0.15, 0.2) is 70.1 Å². The van der Waals surface area contributed by atoms with Crippen LogP contribution < -0.4 is 5.56 Å². The molecule has 3 heterocycles. The molecule has 2 aromatic carbocycles. The van der Waals surface area contributed by atoms with Gasteiger partial charge in [0.1, 0.15) is 17.6 Å². The Morgan fingerprint density at radius 1 is 1.03 bits per heavy atom. The summed E-state index contributed by atoms with van der Waals surface area (Å²) in [6.07, 6.45) is 2.83. The van der Waals surface area contributed by atoms with Gasteiger partial charge in [0.05, 0.1) is 19.0 Å². The minimum absolute atomic E-state index is 0.0786. The summed E-state index contributed by atoms with van der Waals surface area (Å²) >= 11 is 0. The molecule has 0 N–H and O–H groups in total. The molecule has 5 rings (SSSR count). The molecule has 0 spiro atoms. The van der Waals surface area contributed by atoms with Gasteiger partial charge in [-0.15, -0.1) is 0 Å². The van der Waals surface area contributed by atoms with E-state index in [1.807, 2.05) is 42.5 Å². The molecule has 0 atom stereocenters. The Kier molecular flexibility index (Phi) is 6.58. The van der Waals surface area contributed by atoms with Crippen molar-refractivity contribution in [2.45, 2.75) is 32.1 Å². The molecule has 1 aliphatic rings. The molecule has 0 unspecified atom stereocenters. The first-order chi connectivity index (χ1) is 17.1. The van der Waals surface area contributed by atoms with Gasteiger partial charge in [-0.1, -0.05) is 42.5 Å². The highest BCUT2D eigenvalue weighted by atomic mass is 16.5. The zero-order valence-electron chi connectivity index (χ0n) is 19.1. The Bertz CT molecular complexity index is 1400. The van der Waals surface area contributed by atoms with E-state index in [1.165, 1.54) is 6.33 Å². The Balaban J connectivity index is 1.10. The number of likely N-dealkylation sites (tertiary alicyclic amines) is 1. The maximum absolute atomic E-state index is 12.7.